The van der Waals surface area contributed by atoms with Gasteiger partial charge in [-0.05, 0) is 35.2 Å². The average Bonchev–Trinajstić information content (AvgIpc) is 3.35. The lowest BCUT2D eigenvalue weighted by Crippen LogP contribution is -2.33. The molecule has 0 radical (unpaired) electrons. The summed E-state index contributed by atoms with van der Waals surface area (Å²) in [4.78, 5) is 34.5. The third-order valence-electron chi connectivity index (χ3n) is 5.97. The summed E-state index contributed by atoms with van der Waals surface area (Å²) in [5.74, 6) is 0.616. The summed E-state index contributed by atoms with van der Waals surface area (Å²) in [6.07, 6.45) is 0.868. The van der Waals surface area contributed by atoms with Crippen LogP contribution >= 0.6 is 22.9 Å². The Kier molecular flexibility index (Phi) is 7.77. The Morgan fingerprint density at radius 3 is 2.74 bits per heavy atom. The number of pyridine rings is 1. The van der Waals surface area contributed by atoms with Crippen molar-refractivity contribution in [3.8, 4) is 5.75 Å². The second-order valence-corrected chi connectivity index (χ2v) is 9.80. The van der Waals surface area contributed by atoms with Crippen LogP contribution in [0.5, 0.6) is 5.75 Å². The van der Waals surface area contributed by atoms with Gasteiger partial charge in [0.05, 0.1) is 11.3 Å². The molecule has 0 spiro atoms. The van der Waals surface area contributed by atoms with Crippen LogP contribution in [0.1, 0.15) is 33.3 Å². The summed E-state index contributed by atoms with van der Waals surface area (Å²) in [7, 11) is 3.49. The van der Waals surface area contributed by atoms with E-state index in [0.717, 1.165) is 16.1 Å². The molecule has 8 nitrogen and oxygen atoms in total. The van der Waals surface area contributed by atoms with Gasteiger partial charge in [0, 0.05) is 57.8 Å². The van der Waals surface area contributed by atoms with Crippen LogP contribution in [-0.4, -0.2) is 65.6 Å². The fourth-order valence-corrected chi connectivity index (χ4v) is 4.85. The maximum atomic E-state index is 13.2. The van der Waals surface area contributed by atoms with Gasteiger partial charge in [0.25, 0.3) is 5.91 Å². The van der Waals surface area contributed by atoms with E-state index in [9.17, 15) is 9.59 Å². The van der Waals surface area contributed by atoms with E-state index in [1.54, 1.807) is 24.5 Å². The van der Waals surface area contributed by atoms with Crippen molar-refractivity contribution in [3.63, 3.8) is 0 Å². The fourth-order valence-electron chi connectivity index (χ4n) is 3.91. The Morgan fingerprint density at radius 1 is 1.29 bits per heavy atom. The van der Waals surface area contributed by atoms with Crippen molar-refractivity contribution in [2.24, 2.45) is 0 Å². The minimum absolute atomic E-state index is 0.0749. The Balaban J connectivity index is 1.44. The largest absolute Gasteiger partial charge is 0.485 e. The maximum Gasteiger partial charge on any atom is 0.407 e. The Bertz CT molecular complexity index is 1170. The number of thiophene rings is 1. The van der Waals surface area contributed by atoms with E-state index in [4.69, 9.17) is 21.4 Å². The topological polar surface area (TPSA) is 86.2 Å². The van der Waals surface area contributed by atoms with Crippen LogP contribution in [0.4, 0.5) is 10.5 Å². The molecule has 3 aromatic rings. The molecular weight excluding hydrogens is 488 g/mol. The number of hydrogen-bond donors (Lipinski definition) is 1. The zero-order chi connectivity index (χ0) is 24.9. The first-order chi connectivity index (χ1) is 16.8. The molecule has 0 saturated carbocycles. The molecule has 184 valence electrons. The van der Waals surface area contributed by atoms with Crippen LogP contribution < -0.4 is 9.64 Å². The van der Waals surface area contributed by atoms with Crippen LogP contribution in [0, 0.1) is 0 Å². The van der Waals surface area contributed by atoms with E-state index >= 15 is 0 Å². The molecule has 10 heteroatoms. The lowest BCUT2D eigenvalue weighted by atomic mass is 10.1. The highest BCUT2D eigenvalue weighted by Gasteiger charge is 2.26. The molecule has 2 aromatic heterocycles. The highest BCUT2D eigenvalue weighted by atomic mass is 35.5. The third kappa shape index (κ3) is 6.04. The number of nitrogens with zero attached hydrogens (tertiary/aromatic N) is 4. The Morgan fingerprint density at radius 2 is 2.06 bits per heavy atom. The first-order valence-corrected chi connectivity index (χ1v) is 12.5. The molecule has 0 aliphatic carbocycles. The van der Waals surface area contributed by atoms with Crippen molar-refractivity contribution in [3.05, 3.63) is 75.2 Å². The van der Waals surface area contributed by atoms with Gasteiger partial charge < -0.3 is 24.5 Å². The number of fused-ring (bicyclic) bond motifs is 1. The predicted molar refractivity (Wildman–Crippen MR) is 137 cm³/mol. The maximum absolute atomic E-state index is 13.2. The lowest BCUT2D eigenvalue weighted by Gasteiger charge is -2.22. The van der Waals surface area contributed by atoms with Crippen molar-refractivity contribution < 1.29 is 19.4 Å². The molecule has 1 aliphatic heterocycles. The molecule has 1 N–H and O–H groups in total. The van der Waals surface area contributed by atoms with Crippen molar-refractivity contribution >= 4 is 40.6 Å². The van der Waals surface area contributed by atoms with E-state index in [1.807, 2.05) is 58.6 Å². The van der Waals surface area contributed by atoms with Gasteiger partial charge in [-0.15, -0.1) is 11.3 Å². The highest BCUT2D eigenvalue weighted by molar-refractivity contribution is 7.10. The molecule has 4 rings (SSSR count). The zero-order valence-electron chi connectivity index (χ0n) is 19.6. The number of anilines is 1. The highest BCUT2D eigenvalue weighted by Crippen LogP contribution is 2.30. The Labute approximate surface area is 213 Å². The van der Waals surface area contributed by atoms with Crippen molar-refractivity contribution in [1.82, 2.24) is 14.8 Å². The lowest BCUT2D eigenvalue weighted by molar-refractivity contribution is 0.0754. The van der Waals surface area contributed by atoms with Crippen LogP contribution in [0.2, 0.25) is 5.15 Å². The van der Waals surface area contributed by atoms with Gasteiger partial charge in [0.15, 0.2) is 0 Å². The molecule has 0 fully saturated rings. The van der Waals surface area contributed by atoms with E-state index < -0.39 is 6.09 Å². The number of likely N-dealkylation sites (N-methyl/N-ethyl adjacent to an activating group) is 1. The molecule has 1 aromatic carbocycles. The SMILES string of the molecule is CN(CCC(Oc1ccc(CN2CCN(C)c3cc(Cl)ncc3C2=O)cc1)c1cccs1)C(=O)O. The number of aromatic nitrogens is 1. The minimum atomic E-state index is -0.963. The summed E-state index contributed by atoms with van der Waals surface area (Å²) < 4.78 is 6.23. The van der Waals surface area contributed by atoms with Crippen molar-refractivity contribution in [2.75, 3.05) is 38.6 Å². The molecule has 3 heterocycles. The van der Waals surface area contributed by atoms with E-state index in [-0.39, 0.29) is 12.0 Å². The number of benzene rings is 1. The summed E-state index contributed by atoms with van der Waals surface area (Å²) in [5, 5.41) is 11.5. The monoisotopic (exact) mass is 514 g/mol. The number of rotatable bonds is 8. The molecule has 1 atom stereocenters. The smallest absolute Gasteiger partial charge is 0.407 e. The minimum Gasteiger partial charge on any atom is -0.485 e. The molecule has 1 aliphatic rings. The quantitative estimate of drug-likeness (QED) is 0.425. The van der Waals surface area contributed by atoms with Gasteiger partial charge in [-0.25, -0.2) is 9.78 Å². The first-order valence-electron chi connectivity index (χ1n) is 11.2. The van der Waals surface area contributed by atoms with E-state index in [0.29, 0.717) is 49.1 Å². The standard InChI is InChI=1S/C25H27ClN4O4S/c1-28-11-12-30(24(31)19-15-27-23(26)14-20(19)28)16-17-5-7-18(8-6-17)34-21(22-4-3-13-35-22)9-10-29(2)25(32)33/h3-8,13-15,21H,9-12,16H2,1-2H3,(H,32,33). The second-order valence-electron chi connectivity index (χ2n) is 8.43. The van der Waals surface area contributed by atoms with Crippen LogP contribution in [0.15, 0.2) is 54.0 Å². The number of amides is 2. The van der Waals surface area contributed by atoms with Crippen LogP contribution in [-0.2, 0) is 6.54 Å². The summed E-state index contributed by atoms with van der Waals surface area (Å²) in [6, 6.07) is 13.4. The third-order valence-corrected chi connectivity index (χ3v) is 7.14. The molecule has 1 unspecified atom stereocenters. The van der Waals surface area contributed by atoms with Crippen molar-refractivity contribution in [1.29, 1.82) is 0 Å². The van der Waals surface area contributed by atoms with Crippen LogP contribution in [0.3, 0.4) is 0 Å². The van der Waals surface area contributed by atoms with Crippen molar-refractivity contribution in [2.45, 2.75) is 19.1 Å². The first kappa shape index (κ1) is 24.8. The zero-order valence-corrected chi connectivity index (χ0v) is 21.1. The summed E-state index contributed by atoms with van der Waals surface area (Å²) >= 11 is 7.62. The van der Waals surface area contributed by atoms with Gasteiger partial charge in [0.2, 0.25) is 0 Å². The molecule has 0 bridgehead atoms. The number of carbonyl (C=O) groups excluding carboxylic acids is 1. The average molecular weight is 515 g/mol. The molecule has 35 heavy (non-hydrogen) atoms. The van der Waals surface area contributed by atoms with Gasteiger partial charge in [-0.3, -0.25) is 4.79 Å². The van der Waals surface area contributed by atoms with Crippen LogP contribution in [0.25, 0.3) is 0 Å². The van der Waals surface area contributed by atoms with E-state index in [2.05, 4.69) is 4.98 Å². The number of hydrogen-bond acceptors (Lipinski definition) is 6. The normalized spacial score (nSPS) is 14.3. The molecule has 2 amide bonds. The van der Waals surface area contributed by atoms with E-state index in [1.165, 1.54) is 11.1 Å². The fraction of sp³-hybridized carbons (Fsp3) is 0.320. The van der Waals surface area contributed by atoms with Gasteiger partial charge in [-0.1, -0.05) is 29.8 Å². The van der Waals surface area contributed by atoms with Gasteiger partial charge in [-0.2, -0.15) is 0 Å². The Hall–Kier alpha value is -3.30. The van der Waals surface area contributed by atoms with Gasteiger partial charge >= 0.3 is 6.09 Å². The summed E-state index contributed by atoms with van der Waals surface area (Å²) in [5.41, 5.74) is 2.31. The molecular formula is C25H27ClN4O4S. The summed E-state index contributed by atoms with van der Waals surface area (Å²) in [6.45, 7) is 2.10. The second kappa shape index (κ2) is 11.0. The number of ether oxygens (including phenoxy) is 1. The number of carbonyl (C=O) groups is 2. The predicted octanol–water partition coefficient (Wildman–Crippen LogP) is 5.01. The molecule has 0 saturated heterocycles. The van der Waals surface area contributed by atoms with Gasteiger partial charge in [0.1, 0.15) is 17.0 Å². The number of halogens is 1. The number of carboxylic acid groups (broad SMARTS) is 1.